The van der Waals surface area contributed by atoms with Gasteiger partial charge in [0.05, 0.1) is 22.4 Å². The predicted molar refractivity (Wildman–Crippen MR) is 127 cm³/mol. The van der Waals surface area contributed by atoms with Gasteiger partial charge in [0.15, 0.2) is 6.04 Å². The van der Waals surface area contributed by atoms with Crippen LogP contribution in [0.5, 0.6) is 0 Å². The van der Waals surface area contributed by atoms with Crippen molar-refractivity contribution in [1.29, 1.82) is 0 Å². The quantitative estimate of drug-likeness (QED) is 0.398. The zero-order valence-corrected chi connectivity index (χ0v) is 19.3. The first-order valence-corrected chi connectivity index (χ1v) is 10.8. The molecule has 2 aromatic heterocycles. The second-order valence-electron chi connectivity index (χ2n) is 7.94. The number of carbonyl (C=O) groups is 2. The second kappa shape index (κ2) is 10.2. The van der Waals surface area contributed by atoms with Gasteiger partial charge in [-0.15, -0.1) is 0 Å². The Balaban J connectivity index is 1.79. The summed E-state index contributed by atoms with van der Waals surface area (Å²) in [7, 11) is 3.09. The van der Waals surface area contributed by atoms with E-state index in [9.17, 15) is 22.8 Å². The average Bonchev–Trinajstić information content (AvgIpc) is 3.19. The molecule has 11 heteroatoms. The summed E-state index contributed by atoms with van der Waals surface area (Å²) < 4.78 is 47.9. The number of alkyl halides is 3. The molecule has 0 unspecified atom stereocenters. The Hall–Kier alpha value is -4.25. The van der Waals surface area contributed by atoms with E-state index in [2.05, 4.69) is 15.3 Å². The highest BCUT2D eigenvalue weighted by Gasteiger charge is 2.43. The van der Waals surface area contributed by atoms with E-state index in [1.54, 1.807) is 11.6 Å². The number of hydrogen-bond acceptors (Lipinski definition) is 5. The lowest BCUT2D eigenvalue weighted by Gasteiger charge is -2.21. The third kappa shape index (κ3) is 5.20. The Morgan fingerprint density at radius 2 is 1.81 bits per heavy atom. The highest BCUT2D eigenvalue weighted by atomic mass is 19.4. The molecule has 2 N–H and O–H groups in total. The molecule has 0 aliphatic carbocycles. The molecule has 0 radical (unpaired) electrons. The number of nitrogens with zero attached hydrogens (tertiary/aromatic N) is 3. The van der Waals surface area contributed by atoms with Crippen molar-refractivity contribution in [2.45, 2.75) is 12.2 Å². The van der Waals surface area contributed by atoms with Gasteiger partial charge in [0.2, 0.25) is 5.91 Å². The SMILES string of the molecule is COCC(=O)Nc1cc(C(=O)N[C@H](c2ccccn2)C(F)(F)F)cc2nc(-c3ccccc3)n(C)c12. The number of aryl methyl sites for hydroxylation is 1. The number of methoxy groups -OCH3 is 1. The third-order valence-electron chi connectivity index (χ3n) is 5.40. The lowest BCUT2D eigenvalue weighted by Crippen LogP contribution is -2.38. The monoisotopic (exact) mass is 497 g/mol. The minimum Gasteiger partial charge on any atom is -0.375 e. The fraction of sp³-hybridized carbons (Fsp3) is 0.200. The number of nitrogens with one attached hydrogen (secondary N) is 2. The van der Waals surface area contributed by atoms with Crippen LogP contribution < -0.4 is 10.6 Å². The van der Waals surface area contributed by atoms with Gasteiger partial charge >= 0.3 is 6.18 Å². The number of halogens is 3. The van der Waals surface area contributed by atoms with Crippen LogP contribution in [0.2, 0.25) is 0 Å². The number of benzene rings is 2. The molecule has 4 aromatic rings. The minimum atomic E-state index is -4.78. The van der Waals surface area contributed by atoms with E-state index < -0.39 is 24.0 Å². The molecule has 0 aliphatic heterocycles. The topological polar surface area (TPSA) is 98.1 Å². The first-order valence-electron chi connectivity index (χ1n) is 10.8. The molecule has 1 atom stereocenters. The minimum absolute atomic E-state index is 0.113. The van der Waals surface area contributed by atoms with E-state index in [0.717, 1.165) is 5.56 Å². The number of pyridine rings is 1. The summed E-state index contributed by atoms with van der Waals surface area (Å²) >= 11 is 0. The summed E-state index contributed by atoms with van der Waals surface area (Å²) in [6.07, 6.45) is -3.57. The lowest BCUT2D eigenvalue weighted by atomic mass is 10.1. The first kappa shape index (κ1) is 24.9. The van der Waals surface area contributed by atoms with Gasteiger partial charge in [-0.25, -0.2) is 4.98 Å². The van der Waals surface area contributed by atoms with E-state index in [4.69, 9.17) is 4.74 Å². The fourth-order valence-corrected chi connectivity index (χ4v) is 3.83. The van der Waals surface area contributed by atoms with E-state index in [1.165, 1.54) is 43.6 Å². The summed E-state index contributed by atoms with van der Waals surface area (Å²) in [5.41, 5.74) is 1.34. The van der Waals surface area contributed by atoms with Crippen LogP contribution in [-0.4, -0.2) is 46.2 Å². The summed E-state index contributed by atoms with van der Waals surface area (Å²) in [5.74, 6) is -0.952. The molecular formula is C25H22F3N5O3. The molecular weight excluding hydrogens is 475 g/mol. The number of imidazole rings is 1. The Morgan fingerprint density at radius 3 is 2.44 bits per heavy atom. The van der Waals surface area contributed by atoms with Crippen molar-refractivity contribution in [2.75, 3.05) is 19.0 Å². The van der Waals surface area contributed by atoms with Crippen molar-refractivity contribution in [2.24, 2.45) is 7.05 Å². The van der Waals surface area contributed by atoms with Crippen molar-refractivity contribution in [3.63, 3.8) is 0 Å². The van der Waals surface area contributed by atoms with E-state index in [0.29, 0.717) is 16.9 Å². The molecule has 0 saturated carbocycles. The third-order valence-corrected chi connectivity index (χ3v) is 5.40. The predicted octanol–water partition coefficient (Wildman–Crippen LogP) is 4.25. The van der Waals surface area contributed by atoms with Crippen LogP contribution in [0.1, 0.15) is 22.1 Å². The molecule has 2 heterocycles. The molecule has 0 bridgehead atoms. The summed E-state index contributed by atoms with van der Waals surface area (Å²) in [6.45, 7) is -0.253. The van der Waals surface area contributed by atoms with Crippen LogP contribution in [0.4, 0.5) is 18.9 Å². The Labute approximate surface area is 204 Å². The van der Waals surface area contributed by atoms with Crippen molar-refractivity contribution in [1.82, 2.24) is 19.9 Å². The largest absolute Gasteiger partial charge is 0.414 e. The molecule has 2 amide bonds. The molecule has 0 fully saturated rings. The number of anilines is 1. The number of ether oxygens (including phenoxy) is 1. The van der Waals surface area contributed by atoms with Gasteiger partial charge in [0, 0.05) is 31.5 Å². The maximum Gasteiger partial charge on any atom is 0.414 e. The molecule has 0 aliphatic rings. The molecule has 8 nitrogen and oxygen atoms in total. The first-order chi connectivity index (χ1) is 17.2. The van der Waals surface area contributed by atoms with E-state index >= 15 is 0 Å². The Kier molecular flexibility index (Phi) is 7.02. The van der Waals surface area contributed by atoms with Crippen LogP contribution in [0.25, 0.3) is 22.4 Å². The number of amides is 2. The number of carbonyl (C=O) groups excluding carboxylic acids is 2. The van der Waals surface area contributed by atoms with Gasteiger partial charge in [0.1, 0.15) is 12.4 Å². The van der Waals surface area contributed by atoms with Crippen LogP contribution in [0, 0.1) is 0 Å². The lowest BCUT2D eigenvalue weighted by molar-refractivity contribution is -0.156. The van der Waals surface area contributed by atoms with Gasteiger partial charge in [-0.05, 0) is 24.3 Å². The average molecular weight is 497 g/mol. The summed E-state index contributed by atoms with van der Waals surface area (Å²) in [5, 5.41) is 4.68. The molecule has 0 spiro atoms. The van der Waals surface area contributed by atoms with E-state index in [-0.39, 0.29) is 23.6 Å². The highest BCUT2D eigenvalue weighted by molar-refractivity contribution is 6.06. The van der Waals surface area contributed by atoms with Crippen LogP contribution in [-0.2, 0) is 16.6 Å². The van der Waals surface area contributed by atoms with Crippen molar-refractivity contribution in [3.8, 4) is 11.4 Å². The number of aromatic nitrogens is 3. The normalized spacial score (nSPS) is 12.4. The van der Waals surface area contributed by atoms with Crippen LogP contribution in [0.15, 0.2) is 66.9 Å². The van der Waals surface area contributed by atoms with Crippen molar-refractivity contribution < 1.29 is 27.5 Å². The summed E-state index contributed by atoms with van der Waals surface area (Å²) in [6, 6.07) is 13.7. The molecule has 0 saturated heterocycles. The molecule has 186 valence electrons. The zero-order valence-electron chi connectivity index (χ0n) is 19.3. The maximum absolute atomic E-state index is 13.8. The maximum atomic E-state index is 13.8. The second-order valence-corrected chi connectivity index (χ2v) is 7.94. The molecule has 2 aromatic carbocycles. The van der Waals surface area contributed by atoms with Gasteiger partial charge in [-0.3, -0.25) is 14.6 Å². The van der Waals surface area contributed by atoms with Crippen LogP contribution >= 0.6 is 0 Å². The molecule has 36 heavy (non-hydrogen) atoms. The zero-order chi connectivity index (χ0) is 25.9. The van der Waals surface area contributed by atoms with Crippen LogP contribution in [0.3, 0.4) is 0 Å². The Morgan fingerprint density at radius 1 is 1.08 bits per heavy atom. The van der Waals surface area contributed by atoms with E-state index in [1.807, 2.05) is 35.6 Å². The fourth-order valence-electron chi connectivity index (χ4n) is 3.83. The smallest absolute Gasteiger partial charge is 0.375 e. The molecule has 4 rings (SSSR count). The van der Waals surface area contributed by atoms with Gasteiger partial charge in [-0.2, -0.15) is 13.2 Å². The van der Waals surface area contributed by atoms with Crippen molar-refractivity contribution >= 4 is 28.5 Å². The number of rotatable bonds is 7. The Bertz CT molecular complexity index is 1390. The highest BCUT2D eigenvalue weighted by Crippen LogP contribution is 2.33. The number of fused-ring (bicyclic) bond motifs is 1. The standard InChI is InChI=1S/C25H22F3N5O3/c1-33-21-18(30-20(34)14-36-2)12-16(13-19(21)31-23(33)15-8-4-3-5-9-15)24(35)32-22(25(26,27)28)17-10-6-7-11-29-17/h3-13,22H,14H2,1-2H3,(H,30,34)(H,32,35)/t22-/m1/s1. The van der Waals surface area contributed by atoms with Crippen molar-refractivity contribution in [3.05, 3.63) is 78.1 Å². The summed E-state index contributed by atoms with van der Waals surface area (Å²) in [4.78, 5) is 33.7. The van der Waals surface area contributed by atoms with Gasteiger partial charge in [0.25, 0.3) is 5.91 Å². The number of hydrogen-bond donors (Lipinski definition) is 2. The van der Waals surface area contributed by atoms with Gasteiger partial charge < -0.3 is 19.9 Å². The van der Waals surface area contributed by atoms with Gasteiger partial charge in [-0.1, -0.05) is 36.4 Å².